The monoisotopic (exact) mass is 339 g/mol. The summed E-state index contributed by atoms with van der Waals surface area (Å²) in [5.41, 5.74) is 1.91. The van der Waals surface area contributed by atoms with Crippen molar-refractivity contribution in [2.75, 3.05) is 13.2 Å². The second-order valence-electron chi connectivity index (χ2n) is 7.04. The van der Waals surface area contributed by atoms with Crippen LogP contribution < -0.4 is 0 Å². The minimum absolute atomic E-state index is 0.00335. The Morgan fingerprint density at radius 3 is 2.28 bits per heavy atom. The number of ether oxygens (including phenoxy) is 1. The Hall–Kier alpha value is -2.04. The van der Waals surface area contributed by atoms with E-state index >= 15 is 0 Å². The fraction of sp³-hybridized carbons (Fsp3) is 0.381. The molecular weight excluding hydrogens is 317 g/mol. The van der Waals surface area contributed by atoms with Crippen molar-refractivity contribution in [1.82, 2.24) is 4.90 Å². The molecule has 3 nitrogen and oxygen atoms in total. The maximum absolute atomic E-state index is 13.1. The number of carbonyl (C=O) groups is 1. The van der Waals surface area contributed by atoms with Gasteiger partial charge >= 0.3 is 0 Å². The average Bonchev–Trinajstić information content (AvgIpc) is 2.62. The summed E-state index contributed by atoms with van der Waals surface area (Å²) < 4.78 is 18.9. The summed E-state index contributed by atoms with van der Waals surface area (Å²) in [6.45, 7) is 2.25. The summed E-state index contributed by atoms with van der Waals surface area (Å²) in [5.74, 6) is -0.174. The maximum atomic E-state index is 13.1. The van der Waals surface area contributed by atoms with E-state index in [0.29, 0.717) is 18.8 Å². The first-order valence-electron chi connectivity index (χ1n) is 8.88. The van der Waals surface area contributed by atoms with E-state index in [2.05, 4.69) is 29.2 Å². The van der Waals surface area contributed by atoms with Gasteiger partial charge in [-0.25, -0.2) is 4.39 Å². The van der Waals surface area contributed by atoms with Crippen LogP contribution in [0, 0.1) is 11.7 Å². The molecule has 2 aliphatic heterocycles. The van der Waals surface area contributed by atoms with Crippen molar-refractivity contribution in [2.24, 2.45) is 5.92 Å². The lowest BCUT2D eigenvalue weighted by molar-refractivity contribution is -0.0872. The van der Waals surface area contributed by atoms with Crippen LogP contribution >= 0.6 is 0 Å². The summed E-state index contributed by atoms with van der Waals surface area (Å²) in [4.78, 5) is 15.3. The van der Waals surface area contributed by atoms with Gasteiger partial charge in [0.15, 0.2) is 5.78 Å². The molecule has 2 atom stereocenters. The maximum Gasteiger partial charge on any atom is 0.166 e. The Morgan fingerprint density at radius 2 is 1.64 bits per heavy atom. The zero-order valence-electron chi connectivity index (χ0n) is 14.1. The molecule has 130 valence electrons. The normalized spacial score (nSPS) is 26.4. The molecule has 2 aromatic carbocycles. The zero-order valence-corrected chi connectivity index (χ0v) is 14.1. The van der Waals surface area contributed by atoms with Crippen LogP contribution in [0.15, 0.2) is 54.6 Å². The van der Waals surface area contributed by atoms with Crippen LogP contribution in [-0.2, 0) is 11.3 Å². The number of rotatable bonds is 4. The predicted octanol–water partition coefficient (Wildman–Crippen LogP) is 3.69. The van der Waals surface area contributed by atoms with Crippen LogP contribution in [0.2, 0.25) is 0 Å². The molecule has 0 N–H and O–H groups in total. The first kappa shape index (κ1) is 16.4. The third kappa shape index (κ3) is 3.51. The van der Waals surface area contributed by atoms with Gasteiger partial charge in [0.1, 0.15) is 5.82 Å². The highest BCUT2D eigenvalue weighted by molar-refractivity contribution is 5.97. The van der Waals surface area contributed by atoms with E-state index in [1.54, 1.807) is 12.1 Å². The number of benzene rings is 2. The van der Waals surface area contributed by atoms with E-state index in [1.165, 1.54) is 17.7 Å². The SMILES string of the molecule is O=C(c1ccc(F)cc1)C1CC2COCC(C1)N2Cc1ccccc1. The molecule has 2 saturated heterocycles. The van der Waals surface area contributed by atoms with Crippen LogP contribution in [-0.4, -0.2) is 36.0 Å². The minimum Gasteiger partial charge on any atom is -0.378 e. The van der Waals surface area contributed by atoms with Gasteiger partial charge < -0.3 is 4.74 Å². The van der Waals surface area contributed by atoms with Crippen LogP contribution in [0.5, 0.6) is 0 Å². The number of fused-ring (bicyclic) bond motifs is 2. The van der Waals surface area contributed by atoms with E-state index in [9.17, 15) is 9.18 Å². The van der Waals surface area contributed by atoms with E-state index in [4.69, 9.17) is 4.74 Å². The number of Topliss-reactive ketones (excluding diaryl/α,β-unsaturated/α-hetero) is 1. The molecule has 0 aliphatic carbocycles. The number of hydrogen-bond donors (Lipinski definition) is 0. The summed E-state index contributed by atoms with van der Waals surface area (Å²) in [7, 11) is 0. The highest BCUT2D eigenvalue weighted by atomic mass is 19.1. The van der Waals surface area contributed by atoms with Crippen LogP contribution in [0.3, 0.4) is 0 Å². The van der Waals surface area contributed by atoms with Crippen molar-refractivity contribution < 1.29 is 13.9 Å². The largest absolute Gasteiger partial charge is 0.378 e. The number of morpholine rings is 1. The Bertz CT molecular complexity index is 717. The standard InChI is InChI=1S/C21H22FNO2/c22-18-8-6-16(7-9-18)21(24)17-10-19-13-25-14-20(11-17)23(19)12-15-4-2-1-3-5-15/h1-9,17,19-20H,10-14H2. The lowest BCUT2D eigenvalue weighted by Gasteiger charge is -2.48. The number of halogens is 1. The molecule has 0 radical (unpaired) electrons. The molecular formula is C21H22FNO2. The van der Waals surface area contributed by atoms with E-state index in [1.807, 2.05) is 6.07 Å². The second-order valence-corrected chi connectivity index (χ2v) is 7.04. The van der Waals surface area contributed by atoms with Crippen molar-refractivity contribution in [3.05, 3.63) is 71.5 Å². The highest BCUT2D eigenvalue weighted by Gasteiger charge is 2.41. The molecule has 2 heterocycles. The van der Waals surface area contributed by atoms with Gasteiger partial charge in [-0.3, -0.25) is 9.69 Å². The second kappa shape index (κ2) is 7.06. The molecule has 0 spiro atoms. The third-order valence-electron chi connectivity index (χ3n) is 5.38. The number of nitrogens with zero attached hydrogens (tertiary/aromatic N) is 1. The summed E-state index contributed by atoms with van der Waals surface area (Å²) in [6.07, 6.45) is 1.61. The fourth-order valence-corrected chi connectivity index (χ4v) is 4.11. The highest BCUT2D eigenvalue weighted by Crippen LogP contribution is 2.34. The van der Waals surface area contributed by atoms with Gasteiger partial charge in [0, 0.05) is 30.1 Å². The van der Waals surface area contributed by atoms with Gasteiger partial charge in [0.2, 0.25) is 0 Å². The van der Waals surface area contributed by atoms with E-state index in [0.717, 1.165) is 19.4 Å². The van der Waals surface area contributed by atoms with Crippen molar-refractivity contribution in [2.45, 2.75) is 31.5 Å². The molecule has 2 unspecified atom stereocenters. The topological polar surface area (TPSA) is 29.5 Å². The van der Waals surface area contributed by atoms with Crippen LogP contribution in [0.25, 0.3) is 0 Å². The van der Waals surface area contributed by atoms with Gasteiger partial charge in [-0.1, -0.05) is 30.3 Å². The zero-order chi connectivity index (χ0) is 17.2. The molecule has 2 aliphatic rings. The van der Waals surface area contributed by atoms with Crippen molar-refractivity contribution in [3.63, 3.8) is 0 Å². The Labute approximate surface area is 147 Å². The summed E-state index contributed by atoms with van der Waals surface area (Å²) in [5, 5.41) is 0. The Kier molecular flexibility index (Phi) is 4.64. The number of hydrogen-bond acceptors (Lipinski definition) is 3. The number of piperidine rings is 1. The van der Waals surface area contributed by atoms with Crippen molar-refractivity contribution in [3.8, 4) is 0 Å². The number of ketones is 1. The quantitative estimate of drug-likeness (QED) is 0.796. The third-order valence-corrected chi connectivity index (χ3v) is 5.38. The lowest BCUT2D eigenvalue weighted by Crippen LogP contribution is -2.57. The molecule has 0 aromatic heterocycles. The van der Waals surface area contributed by atoms with Gasteiger partial charge in [0.25, 0.3) is 0 Å². The lowest BCUT2D eigenvalue weighted by atomic mass is 9.80. The Balaban J connectivity index is 1.49. The molecule has 0 saturated carbocycles. The van der Waals surface area contributed by atoms with Gasteiger partial charge in [-0.15, -0.1) is 0 Å². The van der Waals surface area contributed by atoms with E-state index in [-0.39, 0.29) is 29.6 Å². The smallest absolute Gasteiger partial charge is 0.166 e. The molecule has 4 rings (SSSR count). The van der Waals surface area contributed by atoms with Crippen LogP contribution in [0.4, 0.5) is 4.39 Å². The van der Waals surface area contributed by atoms with Crippen molar-refractivity contribution in [1.29, 1.82) is 0 Å². The van der Waals surface area contributed by atoms with E-state index < -0.39 is 0 Å². The van der Waals surface area contributed by atoms with Gasteiger partial charge in [-0.2, -0.15) is 0 Å². The average molecular weight is 339 g/mol. The fourth-order valence-electron chi connectivity index (χ4n) is 4.11. The van der Waals surface area contributed by atoms with Gasteiger partial charge in [-0.05, 0) is 42.7 Å². The molecule has 25 heavy (non-hydrogen) atoms. The first-order valence-corrected chi connectivity index (χ1v) is 8.88. The number of carbonyl (C=O) groups excluding carboxylic acids is 1. The predicted molar refractivity (Wildman–Crippen MR) is 93.8 cm³/mol. The van der Waals surface area contributed by atoms with Crippen LogP contribution in [0.1, 0.15) is 28.8 Å². The molecule has 0 amide bonds. The minimum atomic E-state index is -0.306. The van der Waals surface area contributed by atoms with Gasteiger partial charge in [0.05, 0.1) is 13.2 Å². The summed E-state index contributed by atoms with van der Waals surface area (Å²) in [6, 6.07) is 16.9. The molecule has 2 fully saturated rings. The summed E-state index contributed by atoms with van der Waals surface area (Å²) >= 11 is 0. The molecule has 2 bridgehead atoms. The Morgan fingerprint density at radius 1 is 1.00 bits per heavy atom. The van der Waals surface area contributed by atoms with Crippen molar-refractivity contribution >= 4 is 5.78 Å². The molecule has 2 aromatic rings. The molecule has 4 heteroatoms. The first-order chi connectivity index (χ1) is 12.2.